The lowest BCUT2D eigenvalue weighted by Crippen LogP contribution is -2.31. The smallest absolute Gasteiger partial charge is 0.419 e. The molecule has 0 radical (unpaired) electrons. The van der Waals surface area contributed by atoms with Gasteiger partial charge in [0.2, 0.25) is 17.5 Å². The average Bonchev–Trinajstić information content (AvgIpc) is 3.22. The Morgan fingerprint density at radius 2 is 1.90 bits per heavy atom. The van der Waals surface area contributed by atoms with E-state index >= 15 is 0 Å². The second kappa shape index (κ2) is 9.86. The Kier molecular flexibility index (Phi) is 7.22. The summed E-state index contributed by atoms with van der Waals surface area (Å²) in [6.07, 6.45) is 1.72. The normalized spacial score (nSPS) is 19.5. The summed E-state index contributed by atoms with van der Waals surface area (Å²) in [5, 5.41) is 6.60. The van der Waals surface area contributed by atoms with E-state index in [1.54, 1.807) is 0 Å². The number of amides is 1. The second-order valence-corrected chi connectivity index (χ2v) is 7.34. The minimum Gasteiger partial charge on any atom is -0.450 e. The van der Waals surface area contributed by atoms with Gasteiger partial charge in [0.15, 0.2) is 0 Å². The quantitative estimate of drug-likeness (QED) is 0.656. The molecule has 1 aliphatic carbocycles. The number of unbranched alkanes of at least 4 members (excludes halogenated alkanes) is 1. The van der Waals surface area contributed by atoms with Crippen molar-refractivity contribution in [1.29, 1.82) is 0 Å². The van der Waals surface area contributed by atoms with Crippen LogP contribution in [0.5, 0.6) is 0 Å². The molecule has 2 aromatic heterocycles. The van der Waals surface area contributed by atoms with Crippen LogP contribution in [0.4, 0.5) is 18.0 Å². The largest absolute Gasteiger partial charge is 0.450 e. The molecule has 1 amide bonds. The lowest BCUT2D eigenvalue weighted by Gasteiger charge is -2.26. The summed E-state index contributed by atoms with van der Waals surface area (Å²) < 4.78 is 48.2. The van der Waals surface area contributed by atoms with Crippen LogP contribution in [-0.4, -0.2) is 39.4 Å². The Balaban J connectivity index is 1.48. The molecule has 3 rings (SSSR count). The fourth-order valence-corrected chi connectivity index (χ4v) is 3.28. The SMILES string of the molecule is CCCCOC(=O)NCC1CCC(c2nc(-c3ncc(C(F)(F)F)cn3)no2)CC1. The third kappa shape index (κ3) is 5.90. The number of rotatable bonds is 7. The van der Waals surface area contributed by atoms with Gasteiger partial charge >= 0.3 is 12.3 Å². The summed E-state index contributed by atoms with van der Waals surface area (Å²) in [6.45, 7) is 3.02. The van der Waals surface area contributed by atoms with Crippen molar-refractivity contribution in [2.75, 3.05) is 13.2 Å². The summed E-state index contributed by atoms with van der Waals surface area (Å²) in [5.74, 6) is 0.891. The van der Waals surface area contributed by atoms with Crippen molar-refractivity contribution in [1.82, 2.24) is 25.4 Å². The van der Waals surface area contributed by atoms with E-state index in [1.165, 1.54) is 0 Å². The highest BCUT2D eigenvalue weighted by atomic mass is 19.4. The Hall–Kier alpha value is -2.72. The van der Waals surface area contributed by atoms with E-state index in [2.05, 4.69) is 25.4 Å². The van der Waals surface area contributed by atoms with Gasteiger partial charge in [0, 0.05) is 24.9 Å². The molecule has 0 spiro atoms. The van der Waals surface area contributed by atoms with Crippen LogP contribution in [0.3, 0.4) is 0 Å². The monoisotopic (exact) mass is 427 g/mol. The molecule has 0 unspecified atom stereocenters. The Labute approximate surface area is 171 Å². The topological polar surface area (TPSA) is 103 Å². The Bertz CT molecular complexity index is 818. The number of hydrogen-bond acceptors (Lipinski definition) is 7. The zero-order chi connectivity index (χ0) is 21.6. The van der Waals surface area contributed by atoms with E-state index in [0.717, 1.165) is 38.5 Å². The third-order valence-electron chi connectivity index (χ3n) is 5.08. The van der Waals surface area contributed by atoms with Gasteiger partial charge in [-0.25, -0.2) is 14.8 Å². The van der Waals surface area contributed by atoms with Crippen molar-refractivity contribution in [2.45, 2.75) is 57.5 Å². The van der Waals surface area contributed by atoms with Gasteiger partial charge in [0.1, 0.15) is 0 Å². The number of carbonyl (C=O) groups is 1. The predicted octanol–water partition coefficient (Wildman–Crippen LogP) is 4.35. The van der Waals surface area contributed by atoms with Gasteiger partial charge in [0.05, 0.1) is 12.2 Å². The molecule has 1 saturated carbocycles. The number of alkyl carbamates (subject to hydrolysis) is 1. The molecule has 0 saturated heterocycles. The van der Waals surface area contributed by atoms with Crippen LogP contribution < -0.4 is 5.32 Å². The van der Waals surface area contributed by atoms with Crippen LogP contribution in [-0.2, 0) is 10.9 Å². The van der Waals surface area contributed by atoms with Crippen LogP contribution in [0.2, 0.25) is 0 Å². The molecule has 164 valence electrons. The summed E-state index contributed by atoms with van der Waals surface area (Å²) >= 11 is 0. The first kappa shape index (κ1) is 22.0. The Morgan fingerprint density at radius 3 is 2.53 bits per heavy atom. The highest BCUT2D eigenvalue weighted by Gasteiger charge is 2.32. The molecule has 1 aliphatic rings. The molecule has 0 aliphatic heterocycles. The average molecular weight is 427 g/mol. The standard InChI is InChI=1S/C19H24F3N5O3/c1-2-3-8-29-18(28)25-9-12-4-6-13(7-5-12)17-26-16(27-30-17)15-23-10-14(11-24-15)19(20,21)22/h10-13H,2-9H2,1H3,(H,25,28). The van der Waals surface area contributed by atoms with Crippen LogP contribution in [0.25, 0.3) is 11.6 Å². The van der Waals surface area contributed by atoms with E-state index in [1.807, 2.05) is 6.92 Å². The van der Waals surface area contributed by atoms with Crippen molar-refractivity contribution >= 4 is 6.09 Å². The van der Waals surface area contributed by atoms with Gasteiger partial charge in [-0.1, -0.05) is 18.5 Å². The van der Waals surface area contributed by atoms with Crippen LogP contribution in [0, 0.1) is 5.92 Å². The lowest BCUT2D eigenvalue weighted by molar-refractivity contribution is -0.138. The van der Waals surface area contributed by atoms with Gasteiger partial charge in [-0.3, -0.25) is 0 Å². The highest BCUT2D eigenvalue weighted by molar-refractivity contribution is 5.67. The molecule has 0 bridgehead atoms. The minimum atomic E-state index is -4.50. The van der Waals surface area contributed by atoms with Crippen molar-refractivity contribution < 1.29 is 27.2 Å². The first-order valence-corrected chi connectivity index (χ1v) is 10.0. The van der Waals surface area contributed by atoms with Crippen molar-refractivity contribution in [2.24, 2.45) is 5.92 Å². The minimum absolute atomic E-state index is 0.0162. The molecular formula is C19H24F3N5O3. The molecule has 1 N–H and O–H groups in total. The maximum Gasteiger partial charge on any atom is 0.419 e. The molecule has 2 heterocycles. The summed E-state index contributed by atoms with van der Waals surface area (Å²) in [6, 6.07) is 0. The van der Waals surface area contributed by atoms with E-state index in [4.69, 9.17) is 9.26 Å². The van der Waals surface area contributed by atoms with Gasteiger partial charge in [0.25, 0.3) is 0 Å². The van der Waals surface area contributed by atoms with Crippen molar-refractivity contribution in [3.63, 3.8) is 0 Å². The number of alkyl halides is 3. The number of aromatic nitrogens is 4. The predicted molar refractivity (Wildman–Crippen MR) is 99.3 cm³/mol. The van der Waals surface area contributed by atoms with Gasteiger partial charge < -0.3 is 14.6 Å². The Morgan fingerprint density at radius 1 is 1.20 bits per heavy atom. The number of nitrogens with one attached hydrogen (secondary N) is 1. The number of carbonyl (C=O) groups excluding carboxylic acids is 1. The zero-order valence-electron chi connectivity index (χ0n) is 16.6. The number of hydrogen-bond donors (Lipinski definition) is 1. The molecule has 2 aromatic rings. The summed E-state index contributed by atoms with van der Waals surface area (Å²) in [5.41, 5.74) is -0.934. The van der Waals surface area contributed by atoms with E-state index in [-0.39, 0.29) is 23.7 Å². The third-order valence-corrected chi connectivity index (χ3v) is 5.08. The summed E-state index contributed by atoms with van der Waals surface area (Å²) in [7, 11) is 0. The van der Waals surface area contributed by atoms with Gasteiger partial charge in [-0.15, -0.1) is 0 Å². The van der Waals surface area contributed by atoms with Crippen LogP contribution in [0.15, 0.2) is 16.9 Å². The lowest BCUT2D eigenvalue weighted by atomic mass is 9.82. The number of nitrogens with zero attached hydrogens (tertiary/aromatic N) is 4. The maximum absolute atomic E-state index is 12.6. The molecule has 0 aromatic carbocycles. The van der Waals surface area contributed by atoms with E-state index in [0.29, 0.717) is 37.4 Å². The molecule has 8 nitrogen and oxygen atoms in total. The molecule has 1 fully saturated rings. The molecule has 11 heteroatoms. The number of ether oxygens (including phenoxy) is 1. The van der Waals surface area contributed by atoms with Crippen LogP contribution >= 0.6 is 0 Å². The fraction of sp³-hybridized carbons (Fsp3) is 0.632. The van der Waals surface area contributed by atoms with Crippen LogP contribution in [0.1, 0.15) is 62.8 Å². The van der Waals surface area contributed by atoms with Crippen molar-refractivity contribution in [3.8, 4) is 11.6 Å². The van der Waals surface area contributed by atoms with E-state index < -0.39 is 11.7 Å². The van der Waals surface area contributed by atoms with Gasteiger partial charge in [-0.05, 0) is 38.0 Å². The first-order chi connectivity index (χ1) is 14.4. The van der Waals surface area contributed by atoms with E-state index in [9.17, 15) is 18.0 Å². The number of halogens is 3. The second-order valence-electron chi connectivity index (χ2n) is 7.34. The highest BCUT2D eigenvalue weighted by Crippen LogP contribution is 2.35. The fourth-order valence-electron chi connectivity index (χ4n) is 3.28. The first-order valence-electron chi connectivity index (χ1n) is 10.0. The summed E-state index contributed by atoms with van der Waals surface area (Å²) in [4.78, 5) is 23.3. The zero-order valence-corrected chi connectivity index (χ0v) is 16.6. The van der Waals surface area contributed by atoms with Crippen molar-refractivity contribution in [3.05, 3.63) is 23.8 Å². The molecule has 0 atom stereocenters. The maximum atomic E-state index is 12.6. The molecule has 30 heavy (non-hydrogen) atoms. The van der Waals surface area contributed by atoms with Gasteiger partial charge in [-0.2, -0.15) is 18.2 Å². The molecular weight excluding hydrogens is 403 g/mol.